The Morgan fingerprint density at radius 3 is 2.47 bits per heavy atom. The van der Waals surface area contributed by atoms with Gasteiger partial charge in [-0.05, 0) is 26.2 Å². The molecule has 0 bridgehead atoms. The van der Waals surface area contributed by atoms with E-state index in [2.05, 4.69) is 5.32 Å². The molecular formula is C13H22N2O4. The van der Waals surface area contributed by atoms with E-state index in [1.165, 1.54) is 4.90 Å². The SMILES string of the molecule is CCN(C)C(=O)CNC(=O)C1CCCC(C(=O)O)C1. The van der Waals surface area contributed by atoms with Crippen LogP contribution in [0.2, 0.25) is 0 Å². The summed E-state index contributed by atoms with van der Waals surface area (Å²) in [5.74, 6) is -1.89. The van der Waals surface area contributed by atoms with E-state index in [-0.39, 0.29) is 24.3 Å². The van der Waals surface area contributed by atoms with Gasteiger partial charge in [0.1, 0.15) is 0 Å². The largest absolute Gasteiger partial charge is 0.481 e. The zero-order chi connectivity index (χ0) is 14.4. The normalized spacial score (nSPS) is 22.6. The van der Waals surface area contributed by atoms with Crippen LogP contribution in [0.3, 0.4) is 0 Å². The van der Waals surface area contributed by atoms with Crippen molar-refractivity contribution >= 4 is 17.8 Å². The van der Waals surface area contributed by atoms with Crippen LogP contribution in [0.25, 0.3) is 0 Å². The molecule has 2 atom stereocenters. The molecule has 0 aromatic carbocycles. The minimum Gasteiger partial charge on any atom is -0.481 e. The second-order valence-corrected chi connectivity index (χ2v) is 5.02. The van der Waals surface area contributed by atoms with E-state index in [0.717, 1.165) is 6.42 Å². The summed E-state index contributed by atoms with van der Waals surface area (Å²) in [5, 5.41) is 11.6. The molecule has 0 spiro atoms. The van der Waals surface area contributed by atoms with Gasteiger partial charge in [0.25, 0.3) is 0 Å². The summed E-state index contributed by atoms with van der Waals surface area (Å²) < 4.78 is 0. The van der Waals surface area contributed by atoms with E-state index in [4.69, 9.17) is 5.11 Å². The first-order valence-corrected chi connectivity index (χ1v) is 6.70. The molecule has 19 heavy (non-hydrogen) atoms. The molecule has 6 nitrogen and oxygen atoms in total. The predicted octanol–water partition coefficient (Wildman–Crippen LogP) is 0.472. The number of carboxylic acids is 1. The Hall–Kier alpha value is -1.59. The van der Waals surface area contributed by atoms with Gasteiger partial charge in [-0.2, -0.15) is 0 Å². The molecule has 6 heteroatoms. The Bertz CT molecular complexity index is 357. The van der Waals surface area contributed by atoms with Crippen LogP contribution in [0.1, 0.15) is 32.6 Å². The van der Waals surface area contributed by atoms with E-state index in [1.54, 1.807) is 7.05 Å². The number of hydrogen-bond acceptors (Lipinski definition) is 3. The molecule has 0 radical (unpaired) electrons. The zero-order valence-electron chi connectivity index (χ0n) is 11.5. The van der Waals surface area contributed by atoms with Gasteiger partial charge in [-0.25, -0.2) is 0 Å². The molecular weight excluding hydrogens is 248 g/mol. The molecule has 1 saturated carbocycles. The van der Waals surface area contributed by atoms with Crippen LogP contribution in [0.4, 0.5) is 0 Å². The van der Waals surface area contributed by atoms with Crippen molar-refractivity contribution in [2.24, 2.45) is 11.8 Å². The Morgan fingerprint density at radius 1 is 1.26 bits per heavy atom. The highest BCUT2D eigenvalue weighted by Gasteiger charge is 2.31. The van der Waals surface area contributed by atoms with Crippen LogP contribution in [-0.2, 0) is 14.4 Å². The first kappa shape index (κ1) is 15.5. The number of nitrogens with zero attached hydrogens (tertiary/aromatic N) is 1. The van der Waals surface area contributed by atoms with E-state index >= 15 is 0 Å². The lowest BCUT2D eigenvalue weighted by Gasteiger charge is -2.26. The van der Waals surface area contributed by atoms with Crippen LogP contribution in [0.15, 0.2) is 0 Å². The number of nitrogens with one attached hydrogen (secondary N) is 1. The van der Waals surface area contributed by atoms with Crippen molar-refractivity contribution < 1.29 is 19.5 Å². The van der Waals surface area contributed by atoms with Crippen molar-refractivity contribution in [3.63, 3.8) is 0 Å². The number of hydrogen-bond donors (Lipinski definition) is 2. The van der Waals surface area contributed by atoms with Crippen molar-refractivity contribution in [1.82, 2.24) is 10.2 Å². The number of carbonyl (C=O) groups excluding carboxylic acids is 2. The number of carboxylic acid groups (broad SMARTS) is 1. The topological polar surface area (TPSA) is 86.7 Å². The molecule has 0 aliphatic heterocycles. The van der Waals surface area contributed by atoms with Crippen molar-refractivity contribution in [2.75, 3.05) is 20.1 Å². The summed E-state index contributed by atoms with van der Waals surface area (Å²) in [6, 6.07) is 0. The third-order valence-electron chi connectivity index (χ3n) is 3.71. The van der Waals surface area contributed by atoms with Crippen LogP contribution < -0.4 is 5.32 Å². The number of carbonyl (C=O) groups is 3. The number of rotatable bonds is 5. The van der Waals surface area contributed by atoms with Crippen LogP contribution >= 0.6 is 0 Å². The van der Waals surface area contributed by atoms with Crippen molar-refractivity contribution in [3.05, 3.63) is 0 Å². The second kappa shape index (κ2) is 7.11. The van der Waals surface area contributed by atoms with Gasteiger partial charge in [0.15, 0.2) is 0 Å². The molecule has 2 N–H and O–H groups in total. The van der Waals surface area contributed by atoms with Crippen molar-refractivity contribution in [2.45, 2.75) is 32.6 Å². The number of amides is 2. The molecule has 1 aliphatic carbocycles. The van der Waals surface area contributed by atoms with Gasteiger partial charge in [0.2, 0.25) is 11.8 Å². The van der Waals surface area contributed by atoms with Gasteiger partial charge in [0.05, 0.1) is 12.5 Å². The fourth-order valence-electron chi connectivity index (χ4n) is 2.27. The monoisotopic (exact) mass is 270 g/mol. The van der Waals surface area contributed by atoms with Gasteiger partial charge >= 0.3 is 5.97 Å². The Morgan fingerprint density at radius 2 is 1.89 bits per heavy atom. The third kappa shape index (κ3) is 4.54. The molecule has 2 unspecified atom stereocenters. The molecule has 2 amide bonds. The van der Waals surface area contributed by atoms with E-state index in [0.29, 0.717) is 25.8 Å². The summed E-state index contributed by atoms with van der Waals surface area (Å²) >= 11 is 0. The quantitative estimate of drug-likeness (QED) is 0.760. The second-order valence-electron chi connectivity index (χ2n) is 5.02. The summed E-state index contributed by atoms with van der Waals surface area (Å²) in [4.78, 5) is 35.9. The number of aliphatic carboxylic acids is 1. The minimum absolute atomic E-state index is 0.0165. The van der Waals surface area contributed by atoms with Gasteiger partial charge in [-0.3, -0.25) is 14.4 Å². The predicted molar refractivity (Wildman–Crippen MR) is 69.4 cm³/mol. The molecule has 0 saturated heterocycles. The standard InChI is InChI=1S/C13H22N2O4/c1-3-15(2)11(16)8-14-12(17)9-5-4-6-10(7-9)13(18)19/h9-10H,3-8H2,1-2H3,(H,14,17)(H,18,19). The summed E-state index contributed by atoms with van der Waals surface area (Å²) in [6.07, 6.45) is 2.46. The average Bonchev–Trinajstić information content (AvgIpc) is 2.43. The average molecular weight is 270 g/mol. The molecule has 1 aliphatic rings. The highest BCUT2D eigenvalue weighted by Crippen LogP contribution is 2.29. The maximum absolute atomic E-state index is 11.9. The van der Waals surface area contributed by atoms with E-state index in [9.17, 15) is 14.4 Å². The smallest absolute Gasteiger partial charge is 0.306 e. The molecule has 1 fully saturated rings. The van der Waals surface area contributed by atoms with Gasteiger partial charge < -0.3 is 15.3 Å². The lowest BCUT2D eigenvalue weighted by Crippen LogP contribution is -2.41. The fraction of sp³-hybridized carbons (Fsp3) is 0.769. The van der Waals surface area contributed by atoms with Gasteiger partial charge in [-0.15, -0.1) is 0 Å². The lowest BCUT2D eigenvalue weighted by molar-refractivity contribution is -0.144. The lowest BCUT2D eigenvalue weighted by atomic mass is 9.81. The number of likely N-dealkylation sites (N-methyl/N-ethyl adjacent to an activating group) is 1. The maximum atomic E-state index is 11.9. The molecule has 1 rings (SSSR count). The van der Waals surface area contributed by atoms with Crippen molar-refractivity contribution in [1.29, 1.82) is 0 Å². The Kier molecular flexibility index (Phi) is 5.79. The Balaban J connectivity index is 2.41. The van der Waals surface area contributed by atoms with Crippen LogP contribution in [-0.4, -0.2) is 47.9 Å². The maximum Gasteiger partial charge on any atom is 0.306 e. The summed E-state index contributed by atoms with van der Waals surface area (Å²) in [7, 11) is 1.68. The summed E-state index contributed by atoms with van der Waals surface area (Å²) in [6.45, 7) is 2.44. The van der Waals surface area contributed by atoms with Crippen molar-refractivity contribution in [3.8, 4) is 0 Å². The fourth-order valence-corrected chi connectivity index (χ4v) is 2.27. The molecule has 0 aromatic heterocycles. The highest BCUT2D eigenvalue weighted by molar-refractivity contribution is 5.86. The summed E-state index contributed by atoms with van der Waals surface area (Å²) in [5.41, 5.74) is 0. The highest BCUT2D eigenvalue weighted by atomic mass is 16.4. The first-order chi connectivity index (χ1) is 8.95. The molecule has 0 aromatic rings. The zero-order valence-corrected chi connectivity index (χ0v) is 11.5. The Labute approximate surface area is 113 Å². The van der Waals surface area contributed by atoms with E-state index in [1.807, 2.05) is 6.92 Å². The van der Waals surface area contributed by atoms with Crippen LogP contribution in [0, 0.1) is 11.8 Å². The van der Waals surface area contributed by atoms with Gasteiger partial charge in [0, 0.05) is 19.5 Å². The molecule has 108 valence electrons. The first-order valence-electron chi connectivity index (χ1n) is 6.70. The minimum atomic E-state index is -0.834. The van der Waals surface area contributed by atoms with Gasteiger partial charge in [-0.1, -0.05) is 6.42 Å². The third-order valence-corrected chi connectivity index (χ3v) is 3.71. The van der Waals surface area contributed by atoms with E-state index < -0.39 is 11.9 Å². The van der Waals surface area contributed by atoms with Crippen LogP contribution in [0.5, 0.6) is 0 Å². The molecule has 0 heterocycles.